The maximum atomic E-state index is 11.8. The van der Waals surface area contributed by atoms with Gasteiger partial charge in [-0.15, -0.1) is 0 Å². The average molecular weight is 395 g/mol. The summed E-state index contributed by atoms with van der Waals surface area (Å²) in [5.41, 5.74) is 2.16. The molecule has 25 heavy (non-hydrogen) atoms. The zero-order valence-electron chi connectivity index (χ0n) is 13.1. The normalized spacial score (nSPS) is 16.2. The van der Waals surface area contributed by atoms with E-state index in [1.807, 2.05) is 11.0 Å². The van der Waals surface area contributed by atoms with Gasteiger partial charge in [0, 0.05) is 35.7 Å². The highest BCUT2D eigenvalue weighted by Gasteiger charge is 2.32. The lowest BCUT2D eigenvalue weighted by Crippen LogP contribution is -2.32. The third-order valence-electron chi connectivity index (χ3n) is 3.97. The molecule has 0 amide bonds. The standard InChI is InChI=1S/C16H12Cl2N4O2S/c1-25(23,24)16-20-8-9-7-10(13-11(17)3-2-4-12(13)18)15-19-5-6-22(15)14(9)21-16/h2-4,7-8H,5-6H2,1H3. The molecule has 6 nitrogen and oxygen atoms in total. The highest BCUT2D eigenvalue weighted by molar-refractivity contribution is 7.90. The van der Waals surface area contributed by atoms with E-state index in [9.17, 15) is 8.42 Å². The lowest BCUT2D eigenvalue weighted by atomic mass is 9.98. The zero-order valence-corrected chi connectivity index (χ0v) is 15.4. The van der Waals surface area contributed by atoms with Gasteiger partial charge in [-0.25, -0.2) is 13.4 Å². The summed E-state index contributed by atoms with van der Waals surface area (Å²) in [6, 6.07) is 5.31. The topological polar surface area (TPSA) is 75.5 Å². The van der Waals surface area contributed by atoms with Gasteiger partial charge in [-0.3, -0.25) is 4.99 Å². The molecule has 2 aromatic rings. The van der Waals surface area contributed by atoms with E-state index in [0.717, 1.165) is 11.8 Å². The fraction of sp³-hybridized carbons (Fsp3) is 0.188. The minimum atomic E-state index is -3.50. The molecule has 1 aromatic carbocycles. The van der Waals surface area contributed by atoms with Crippen LogP contribution < -0.4 is 4.90 Å². The van der Waals surface area contributed by atoms with E-state index in [4.69, 9.17) is 23.2 Å². The second kappa shape index (κ2) is 5.79. The molecule has 128 valence electrons. The van der Waals surface area contributed by atoms with Crippen molar-refractivity contribution in [3.63, 3.8) is 0 Å². The van der Waals surface area contributed by atoms with Crippen LogP contribution in [0.4, 0.5) is 5.82 Å². The number of benzene rings is 1. The second-order valence-electron chi connectivity index (χ2n) is 5.72. The maximum Gasteiger partial charge on any atom is 0.248 e. The molecule has 3 heterocycles. The predicted molar refractivity (Wildman–Crippen MR) is 99.1 cm³/mol. The van der Waals surface area contributed by atoms with E-state index >= 15 is 0 Å². The summed E-state index contributed by atoms with van der Waals surface area (Å²) in [5.74, 6) is 1.21. The molecule has 1 aromatic heterocycles. The van der Waals surface area contributed by atoms with Crippen LogP contribution in [0.5, 0.6) is 0 Å². The van der Waals surface area contributed by atoms with E-state index in [1.165, 1.54) is 6.20 Å². The van der Waals surface area contributed by atoms with Crippen LogP contribution in [0.2, 0.25) is 10.0 Å². The Hall–Kier alpha value is -1.96. The van der Waals surface area contributed by atoms with Gasteiger partial charge in [0.1, 0.15) is 11.7 Å². The number of hydrogen-bond donors (Lipinski definition) is 0. The summed E-state index contributed by atoms with van der Waals surface area (Å²) in [5, 5.41) is 0.834. The van der Waals surface area contributed by atoms with Gasteiger partial charge < -0.3 is 4.90 Å². The number of aliphatic imine (C=N–C) groups is 1. The number of amidine groups is 1. The average Bonchev–Trinajstić information content (AvgIpc) is 3.03. The number of nitrogens with zero attached hydrogens (tertiary/aromatic N) is 4. The molecule has 0 bridgehead atoms. The molecule has 0 unspecified atom stereocenters. The summed E-state index contributed by atoms with van der Waals surface area (Å²) < 4.78 is 23.5. The maximum absolute atomic E-state index is 11.8. The Labute approximate surface area is 154 Å². The lowest BCUT2D eigenvalue weighted by Gasteiger charge is -2.28. The van der Waals surface area contributed by atoms with Crippen LogP contribution in [0.3, 0.4) is 0 Å². The van der Waals surface area contributed by atoms with Crippen molar-refractivity contribution in [2.75, 3.05) is 24.2 Å². The van der Waals surface area contributed by atoms with Crippen LogP contribution >= 0.6 is 23.2 Å². The van der Waals surface area contributed by atoms with Gasteiger partial charge in [0.25, 0.3) is 0 Å². The van der Waals surface area contributed by atoms with Crippen LogP contribution in [0.25, 0.3) is 11.6 Å². The number of fused-ring (bicyclic) bond motifs is 3. The summed E-state index contributed by atoms with van der Waals surface area (Å²) in [4.78, 5) is 14.6. The first-order valence-electron chi connectivity index (χ1n) is 7.42. The number of anilines is 1. The van der Waals surface area contributed by atoms with Crippen LogP contribution in [0, 0.1) is 0 Å². The van der Waals surface area contributed by atoms with Crippen molar-refractivity contribution < 1.29 is 8.42 Å². The molecule has 0 saturated heterocycles. The fourth-order valence-electron chi connectivity index (χ4n) is 2.91. The summed E-state index contributed by atoms with van der Waals surface area (Å²) in [7, 11) is -3.50. The molecule has 0 spiro atoms. The van der Waals surface area contributed by atoms with Gasteiger partial charge in [-0.05, 0) is 18.2 Å². The van der Waals surface area contributed by atoms with Gasteiger partial charge in [-0.2, -0.15) is 4.98 Å². The Morgan fingerprint density at radius 1 is 1.20 bits per heavy atom. The van der Waals surface area contributed by atoms with E-state index in [2.05, 4.69) is 15.0 Å². The molecule has 4 rings (SSSR count). The van der Waals surface area contributed by atoms with Crippen molar-refractivity contribution in [1.82, 2.24) is 9.97 Å². The Morgan fingerprint density at radius 2 is 1.92 bits per heavy atom. The predicted octanol–water partition coefficient (Wildman–Crippen LogP) is 2.96. The summed E-state index contributed by atoms with van der Waals surface area (Å²) in [6.07, 6.45) is 4.43. The Kier molecular flexibility index (Phi) is 3.82. The van der Waals surface area contributed by atoms with Gasteiger partial charge in [0.2, 0.25) is 15.0 Å². The highest BCUT2D eigenvalue weighted by Crippen LogP contribution is 2.39. The Bertz CT molecular complexity index is 1040. The quantitative estimate of drug-likeness (QED) is 0.731. The highest BCUT2D eigenvalue weighted by atomic mass is 35.5. The monoisotopic (exact) mass is 394 g/mol. The van der Waals surface area contributed by atoms with E-state index < -0.39 is 9.84 Å². The number of halogens is 2. The Morgan fingerprint density at radius 3 is 2.60 bits per heavy atom. The first kappa shape index (κ1) is 16.5. The molecule has 0 aliphatic carbocycles. The minimum absolute atomic E-state index is 0.204. The van der Waals surface area contributed by atoms with Crippen molar-refractivity contribution in [2.45, 2.75) is 5.16 Å². The van der Waals surface area contributed by atoms with E-state index in [0.29, 0.717) is 45.9 Å². The van der Waals surface area contributed by atoms with Crippen LogP contribution in [-0.4, -0.2) is 43.6 Å². The molecular formula is C16H12Cl2N4O2S. The van der Waals surface area contributed by atoms with Gasteiger partial charge in [0.15, 0.2) is 0 Å². The SMILES string of the molecule is CS(=O)(=O)c1ncc2c(n1)N1CCN=C1C(c1c(Cl)cccc1Cl)=C2. The number of rotatable bonds is 2. The van der Waals surface area contributed by atoms with Crippen LogP contribution in [0.1, 0.15) is 11.1 Å². The third-order valence-corrected chi connectivity index (χ3v) is 5.46. The lowest BCUT2D eigenvalue weighted by molar-refractivity contribution is 0.593. The molecule has 0 N–H and O–H groups in total. The van der Waals surface area contributed by atoms with Crippen molar-refractivity contribution in [1.29, 1.82) is 0 Å². The molecule has 0 fully saturated rings. The van der Waals surface area contributed by atoms with Gasteiger partial charge in [0.05, 0.1) is 16.6 Å². The van der Waals surface area contributed by atoms with Crippen molar-refractivity contribution in [2.24, 2.45) is 4.99 Å². The third kappa shape index (κ3) is 2.72. The summed E-state index contributed by atoms with van der Waals surface area (Å²) in [6.45, 7) is 1.17. The fourth-order valence-corrected chi connectivity index (χ4v) is 4.00. The number of aromatic nitrogens is 2. The van der Waals surface area contributed by atoms with Crippen LogP contribution in [-0.2, 0) is 9.84 Å². The van der Waals surface area contributed by atoms with Crippen molar-refractivity contribution >= 4 is 56.3 Å². The van der Waals surface area contributed by atoms with E-state index in [1.54, 1.807) is 18.2 Å². The van der Waals surface area contributed by atoms with Crippen molar-refractivity contribution in [3.8, 4) is 0 Å². The largest absolute Gasteiger partial charge is 0.308 e. The van der Waals surface area contributed by atoms with E-state index in [-0.39, 0.29) is 5.16 Å². The number of hydrogen-bond acceptors (Lipinski definition) is 6. The Balaban J connectivity index is 1.96. The molecule has 0 atom stereocenters. The van der Waals surface area contributed by atoms with Gasteiger partial charge >= 0.3 is 0 Å². The molecular weight excluding hydrogens is 383 g/mol. The first-order valence-corrected chi connectivity index (χ1v) is 10.1. The molecule has 2 aliphatic heterocycles. The second-order valence-corrected chi connectivity index (χ2v) is 8.44. The van der Waals surface area contributed by atoms with Crippen molar-refractivity contribution in [3.05, 3.63) is 45.6 Å². The van der Waals surface area contributed by atoms with Gasteiger partial charge in [-0.1, -0.05) is 29.3 Å². The molecule has 0 saturated carbocycles. The molecule has 0 radical (unpaired) electrons. The number of sulfone groups is 1. The first-order chi connectivity index (χ1) is 11.9. The smallest absolute Gasteiger partial charge is 0.248 e. The van der Waals surface area contributed by atoms with Crippen LogP contribution in [0.15, 0.2) is 34.5 Å². The molecule has 9 heteroatoms. The minimum Gasteiger partial charge on any atom is -0.308 e. The zero-order chi connectivity index (χ0) is 17.8. The molecule has 2 aliphatic rings. The summed E-state index contributed by atoms with van der Waals surface area (Å²) >= 11 is 12.7.